The molecule has 7 heteroatoms. The number of nitrogens with zero attached hydrogens (tertiary/aromatic N) is 3. The molecule has 0 bridgehead atoms. The normalized spacial score (nSPS) is 39.1. The van der Waals surface area contributed by atoms with Crippen LogP contribution in [0.1, 0.15) is 115 Å². The number of rotatable bonds is 9. The van der Waals surface area contributed by atoms with Crippen LogP contribution in [0.25, 0.3) is 5.57 Å². The van der Waals surface area contributed by atoms with Gasteiger partial charge >= 0.3 is 5.97 Å². The lowest BCUT2D eigenvalue weighted by Gasteiger charge is -2.72. The van der Waals surface area contributed by atoms with Crippen LogP contribution in [0.2, 0.25) is 0 Å². The van der Waals surface area contributed by atoms with Gasteiger partial charge in [0.05, 0.1) is 5.56 Å². The van der Waals surface area contributed by atoms with Crippen LogP contribution in [0.4, 0.5) is 0 Å². The topological polar surface area (TPSA) is 68.7 Å². The van der Waals surface area contributed by atoms with Crippen molar-refractivity contribution in [3.05, 3.63) is 78.1 Å². The van der Waals surface area contributed by atoms with Gasteiger partial charge in [-0.2, -0.15) is 0 Å². The number of benzene rings is 1. The summed E-state index contributed by atoms with van der Waals surface area (Å²) in [5.74, 6) is 2.48. The van der Waals surface area contributed by atoms with Gasteiger partial charge in [-0.25, -0.2) is 9.10 Å². The molecule has 5 aliphatic carbocycles. The molecule has 1 aliphatic heterocycles. The summed E-state index contributed by atoms with van der Waals surface area (Å²) < 4.78 is 2.50. The van der Waals surface area contributed by atoms with Crippen LogP contribution in [0.5, 0.6) is 0 Å². The van der Waals surface area contributed by atoms with Crippen molar-refractivity contribution in [1.29, 1.82) is 0 Å². The molecule has 2 N–H and O–H groups in total. The number of carboxylic acids is 1. The molecule has 54 heavy (non-hydrogen) atoms. The summed E-state index contributed by atoms with van der Waals surface area (Å²) in [5, 5.41) is 13.9. The predicted octanol–water partition coefficient (Wildman–Crippen LogP) is 10.1. The van der Waals surface area contributed by atoms with Crippen molar-refractivity contribution in [2.75, 3.05) is 39.3 Å². The van der Waals surface area contributed by atoms with E-state index in [0.717, 1.165) is 51.6 Å². The zero-order valence-electron chi connectivity index (χ0n) is 34.0. The van der Waals surface area contributed by atoms with E-state index in [1.807, 2.05) is 42.5 Å². The number of carboxylic acid groups (broad SMARTS) is 1. The van der Waals surface area contributed by atoms with Crippen LogP contribution in [0.3, 0.4) is 0 Å². The van der Waals surface area contributed by atoms with Crippen molar-refractivity contribution >= 4 is 23.5 Å². The Morgan fingerprint density at radius 1 is 0.926 bits per heavy atom. The minimum Gasteiger partial charge on any atom is -0.478 e. The summed E-state index contributed by atoms with van der Waals surface area (Å²) in [7, 11) is 0. The van der Waals surface area contributed by atoms with Gasteiger partial charge in [-0.3, -0.25) is 9.88 Å². The number of pyridine rings is 1. The van der Waals surface area contributed by atoms with Crippen LogP contribution < -0.4 is 5.32 Å². The molecular weight excluding hydrogens is 685 g/mol. The highest BCUT2D eigenvalue weighted by Gasteiger charge is 2.70. The molecule has 8 rings (SSSR count). The molecule has 2 heterocycles. The van der Waals surface area contributed by atoms with Crippen LogP contribution in [0.15, 0.2) is 71.9 Å². The Bertz CT molecular complexity index is 1750. The van der Waals surface area contributed by atoms with Crippen molar-refractivity contribution in [3.8, 4) is 0 Å². The van der Waals surface area contributed by atoms with E-state index >= 15 is 0 Å². The first-order valence-corrected chi connectivity index (χ1v) is 22.0. The largest absolute Gasteiger partial charge is 0.478 e. The summed E-state index contributed by atoms with van der Waals surface area (Å²) in [6, 6.07) is 11.9. The fraction of sp³-hybridized carbons (Fsp3) is 0.660. The van der Waals surface area contributed by atoms with Crippen LogP contribution in [0, 0.1) is 51.2 Å². The molecule has 0 amide bonds. The monoisotopic (exact) mass is 750 g/mol. The molecule has 6 aliphatic rings. The first-order chi connectivity index (χ1) is 25.7. The second-order valence-electron chi connectivity index (χ2n) is 19.7. The molecule has 5 fully saturated rings. The molecular formula is C47H66N4O2S. The fourth-order valence-electron chi connectivity index (χ4n) is 14.4. The molecule has 2 aromatic rings. The van der Waals surface area contributed by atoms with E-state index in [4.69, 9.17) is 0 Å². The van der Waals surface area contributed by atoms with Gasteiger partial charge in [0.25, 0.3) is 0 Å². The Morgan fingerprint density at radius 3 is 2.37 bits per heavy atom. The van der Waals surface area contributed by atoms with E-state index in [1.165, 1.54) is 73.0 Å². The van der Waals surface area contributed by atoms with Gasteiger partial charge in [0.1, 0.15) is 0 Å². The lowest BCUT2D eigenvalue weighted by Crippen LogP contribution is -2.68. The molecule has 1 saturated heterocycles. The third-order valence-electron chi connectivity index (χ3n) is 17.2. The number of piperazine rings is 1. The minimum atomic E-state index is -0.855. The molecule has 1 aromatic heterocycles. The van der Waals surface area contributed by atoms with Gasteiger partial charge in [-0.05, 0) is 163 Å². The van der Waals surface area contributed by atoms with Crippen molar-refractivity contribution in [2.45, 2.75) is 110 Å². The summed E-state index contributed by atoms with van der Waals surface area (Å²) in [6.07, 6.45) is 18.0. The number of hydrogen-bond donors (Lipinski definition) is 2. The quantitative estimate of drug-likeness (QED) is 0.195. The van der Waals surface area contributed by atoms with E-state index < -0.39 is 5.97 Å². The van der Waals surface area contributed by atoms with Crippen LogP contribution >= 0.6 is 11.9 Å². The summed E-state index contributed by atoms with van der Waals surface area (Å²) in [6.45, 7) is 26.8. The second-order valence-corrected chi connectivity index (χ2v) is 20.9. The van der Waals surface area contributed by atoms with E-state index in [0.29, 0.717) is 40.1 Å². The molecule has 6 nitrogen and oxygen atoms in total. The van der Waals surface area contributed by atoms with Crippen molar-refractivity contribution < 1.29 is 9.90 Å². The molecule has 1 aromatic carbocycles. The number of allylic oxidation sites excluding steroid dienone is 3. The number of fused-ring (bicyclic) bond motifs is 7. The average molecular weight is 751 g/mol. The highest BCUT2D eigenvalue weighted by molar-refractivity contribution is 7.97. The Hall–Kier alpha value is -2.45. The van der Waals surface area contributed by atoms with Crippen LogP contribution in [-0.4, -0.2) is 70.1 Å². The summed E-state index contributed by atoms with van der Waals surface area (Å²) in [5.41, 5.74) is 5.55. The number of aromatic carboxylic acids is 1. The van der Waals surface area contributed by atoms with Crippen LogP contribution in [-0.2, 0) is 0 Å². The molecule has 4 saturated carbocycles. The maximum absolute atomic E-state index is 11.6. The van der Waals surface area contributed by atoms with Crippen molar-refractivity contribution in [3.63, 3.8) is 0 Å². The van der Waals surface area contributed by atoms with E-state index in [2.05, 4.69) is 79.8 Å². The highest BCUT2D eigenvalue weighted by Crippen LogP contribution is 2.76. The number of aromatic nitrogens is 1. The van der Waals surface area contributed by atoms with E-state index in [-0.39, 0.29) is 16.4 Å². The molecule has 9 atom stereocenters. The zero-order chi connectivity index (χ0) is 38.1. The third kappa shape index (κ3) is 6.17. The molecule has 3 unspecified atom stereocenters. The first kappa shape index (κ1) is 38.4. The first-order valence-electron chi connectivity index (χ1n) is 21.2. The van der Waals surface area contributed by atoms with Gasteiger partial charge in [0.2, 0.25) is 0 Å². The highest BCUT2D eigenvalue weighted by atomic mass is 32.2. The van der Waals surface area contributed by atoms with Gasteiger partial charge in [0.15, 0.2) is 0 Å². The Labute approximate surface area is 330 Å². The van der Waals surface area contributed by atoms with Crippen molar-refractivity contribution in [2.24, 2.45) is 51.2 Å². The lowest BCUT2D eigenvalue weighted by molar-refractivity contribution is -0.219. The summed E-state index contributed by atoms with van der Waals surface area (Å²) in [4.78, 5) is 19.8. The molecule has 292 valence electrons. The predicted molar refractivity (Wildman–Crippen MR) is 222 cm³/mol. The fourth-order valence-corrected chi connectivity index (χ4v) is 15.3. The minimum absolute atomic E-state index is 0.0316. The average Bonchev–Trinajstić information content (AvgIpc) is 3.53. The number of hydrogen-bond acceptors (Lipinski definition) is 6. The van der Waals surface area contributed by atoms with Gasteiger partial charge in [-0.1, -0.05) is 65.0 Å². The zero-order valence-corrected chi connectivity index (χ0v) is 34.8. The number of carbonyl (C=O) groups is 1. The Balaban J connectivity index is 0.984. The Kier molecular flexibility index (Phi) is 10.1. The number of nitrogens with one attached hydrogen (secondary N) is 1. The maximum Gasteiger partial charge on any atom is 0.335 e. The maximum atomic E-state index is 11.6. The van der Waals surface area contributed by atoms with Gasteiger partial charge in [-0.15, -0.1) is 0 Å². The second kappa shape index (κ2) is 14.2. The standard InChI is InChI=1S/C47H66N4O2S/c1-32(2)36-16-21-47(49-25-26-50-27-29-51(30-28-50)54-35-9-8-24-48-31-35)23-22-45(6)38(41(36)47)14-15-40-44(5)19-17-37(33-10-12-34(13-11-33)42(52)53)43(3,4)39(44)18-20-46(40,45)7/h8-13,17,24,31,36,38-41,49H,1,14-16,18-23,25-30H2,2-7H3,(H,52,53)/t36-,38+,39?,40?,41?,44-,45+,46+,47-/m0/s1. The smallest absolute Gasteiger partial charge is 0.335 e. The molecule has 0 spiro atoms. The van der Waals surface area contributed by atoms with E-state index in [9.17, 15) is 9.90 Å². The van der Waals surface area contributed by atoms with Crippen molar-refractivity contribution in [1.82, 2.24) is 19.5 Å². The third-order valence-corrected chi connectivity index (χ3v) is 18.3. The summed E-state index contributed by atoms with van der Waals surface area (Å²) >= 11 is 1.85. The lowest BCUT2D eigenvalue weighted by atomic mass is 9.33. The van der Waals surface area contributed by atoms with E-state index in [1.54, 1.807) is 12.1 Å². The Morgan fingerprint density at radius 2 is 1.69 bits per heavy atom. The molecule has 0 radical (unpaired) electrons. The SMILES string of the molecule is C=C(C)[C@@H]1CC[C@]2(NCCN3CCN(Sc4cccnc4)CC3)CC[C@]3(C)[C@H](CCC4[C@@]5(C)CC=C(c6ccc(C(=O)O)cc6)C(C)(C)C5CC[C@]43C)C12. The van der Waals surface area contributed by atoms with Gasteiger partial charge in [0, 0.05) is 62.1 Å². The van der Waals surface area contributed by atoms with Gasteiger partial charge < -0.3 is 10.4 Å².